The van der Waals surface area contributed by atoms with Crippen LogP contribution in [0.25, 0.3) is 0 Å². The largest absolute Gasteiger partial charge is 0.493 e. The van der Waals surface area contributed by atoms with Crippen molar-refractivity contribution in [2.75, 3.05) is 32.2 Å². The van der Waals surface area contributed by atoms with E-state index in [0.29, 0.717) is 18.3 Å². The van der Waals surface area contributed by atoms with E-state index in [2.05, 4.69) is 12.1 Å². The molecule has 4 rings (SSSR count). The summed E-state index contributed by atoms with van der Waals surface area (Å²) in [5.74, 6) is 4.27. The molecule has 2 aliphatic heterocycles. The molecule has 0 spiro atoms. The summed E-state index contributed by atoms with van der Waals surface area (Å²) in [7, 11) is 0. The topological polar surface area (TPSA) is 48.0 Å². The maximum absolute atomic E-state index is 12.2. The average molecular weight is 371 g/mol. The molecule has 136 valence electrons. The number of rotatable bonds is 7. The van der Waals surface area contributed by atoms with Crippen molar-refractivity contribution in [3.05, 3.63) is 54.1 Å². The van der Waals surface area contributed by atoms with Crippen LogP contribution in [0.5, 0.6) is 17.2 Å². The van der Waals surface area contributed by atoms with E-state index in [0.717, 1.165) is 36.1 Å². The minimum atomic E-state index is 0.213. The lowest BCUT2D eigenvalue weighted by Gasteiger charge is -2.39. The first-order valence-electron chi connectivity index (χ1n) is 8.70. The predicted molar refractivity (Wildman–Crippen MR) is 101 cm³/mol. The normalized spacial score (nSPS) is 15.6. The van der Waals surface area contributed by atoms with Gasteiger partial charge in [0.05, 0.1) is 12.4 Å². The molecule has 2 aliphatic rings. The molecule has 1 amide bonds. The molecule has 1 fully saturated rings. The van der Waals surface area contributed by atoms with E-state index in [4.69, 9.17) is 14.2 Å². The Morgan fingerprint density at radius 2 is 1.92 bits per heavy atom. The molecule has 6 heteroatoms. The molecule has 0 N–H and O–H groups in total. The number of carbonyl (C=O) groups excluding carboxylic acids is 1. The summed E-state index contributed by atoms with van der Waals surface area (Å²) in [5, 5.41) is 0. The molecular formula is C20H21NO4S. The molecule has 1 saturated heterocycles. The molecule has 2 aromatic carbocycles. The molecule has 0 aromatic heterocycles. The second-order valence-electron chi connectivity index (χ2n) is 6.47. The van der Waals surface area contributed by atoms with Gasteiger partial charge in [0.25, 0.3) is 0 Å². The van der Waals surface area contributed by atoms with Crippen LogP contribution >= 0.6 is 11.8 Å². The Hall–Kier alpha value is -2.34. The van der Waals surface area contributed by atoms with Crippen molar-refractivity contribution in [2.24, 2.45) is 5.92 Å². The van der Waals surface area contributed by atoms with Crippen LogP contribution in [-0.4, -0.2) is 43.0 Å². The van der Waals surface area contributed by atoms with Crippen molar-refractivity contribution in [1.29, 1.82) is 0 Å². The van der Waals surface area contributed by atoms with Crippen LogP contribution in [0.15, 0.2) is 48.5 Å². The van der Waals surface area contributed by atoms with Gasteiger partial charge in [0.1, 0.15) is 5.75 Å². The summed E-state index contributed by atoms with van der Waals surface area (Å²) in [6.07, 6.45) is 0. The highest BCUT2D eigenvalue weighted by Gasteiger charge is 2.30. The molecule has 0 saturated carbocycles. The van der Waals surface area contributed by atoms with Crippen molar-refractivity contribution >= 4 is 17.7 Å². The molecule has 0 atom stereocenters. The van der Waals surface area contributed by atoms with E-state index in [9.17, 15) is 4.79 Å². The lowest BCUT2D eigenvalue weighted by molar-refractivity contribution is -0.135. The Balaban J connectivity index is 1.14. The molecule has 2 heterocycles. The maximum Gasteiger partial charge on any atom is 0.232 e. The minimum Gasteiger partial charge on any atom is -0.493 e. The second-order valence-corrected chi connectivity index (χ2v) is 7.45. The Morgan fingerprint density at radius 3 is 2.77 bits per heavy atom. The SMILES string of the molecule is O=C(CSCc1ccccc1)N1CC(COc2ccc3c(c2)OCO3)C1. The van der Waals surface area contributed by atoms with E-state index >= 15 is 0 Å². The van der Waals surface area contributed by atoms with Gasteiger partial charge in [0.15, 0.2) is 11.5 Å². The molecule has 0 unspecified atom stereocenters. The van der Waals surface area contributed by atoms with Crippen LogP contribution in [0.4, 0.5) is 0 Å². The van der Waals surface area contributed by atoms with Gasteiger partial charge >= 0.3 is 0 Å². The van der Waals surface area contributed by atoms with Gasteiger partial charge in [-0.2, -0.15) is 0 Å². The molecule has 0 radical (unpaired) electrons. The fourth-order valence-electron chi connectivity index (χ4n) is 2.98. The van der Waals surface area contributed by atoms with Gasteiger partial charge in [-0.15, -0.1) is 11.8 Å². The standard InChI is InChI=1S/C20H21NO4S/c22-20(13-26-12-15-4-2-1-3-5-15)21-9-16(10-21)11-23-17-6-7-18-19(8-17)25-14-24-18/h1-8,16H,9-14H2. The maximum atomic E-state index is 12.2. The Kier molecular flexibility index (Phi) is 5.20. The monoisotopic (exact) mass is 371 g/mol. The van der Waals surface area contributed by atoms with Gasteiger partial charge < -0.3 is 19.1 Å². The summed E-state index contributed by atoms with van der Waals surface area (Å²) < 4.78 is 16.5. The van der Waals surface area contributed by atoms with Crippen molar-refractivity contribution < 1.29 is 19.0 Å². The van der Waals surface area contributed by atoms with E-state index in [1.807, 2.05) is 41.3 Å². The second kappa shape index (κ2) is 7.91. The van der Waals surface area contributed by atoms with Gasteiger partial charge in [0, 0.05) is 30.8 Å². The van der Waals surface area contributed by atoms with E-state index in [-0.39, 0.29) is 12.7 Å². The number of hydrogen-bond acceptors (Lipinski definition) is 5. The van der Waals surface area contributed by atoms with E-state index < -0.39 is 0 Å². The van der Waals surface area contributed by atoms with Gasteiger partial charge in [0.2, 0.25) is 12.7 Å². The van der Waals surface area contributed by atoms with Gasteiger partial charge in [-0.05, 0) is 17.7 Å². The highest BCUT2D eigenvalue weighted by molar-refractivity contribution is 7.99. The Bertz CT molecular complexity index is 762. The zero-order valence-electron chi connectivity index (χ0n) is 14.4. The fraction of sp³-hybridized carbons (Fsp3) is 0.350. The lowest BCUT2D eigenvalue weighted by Crippen LogP contribution is -2.52. The number of hydrogen-bond donors (Lipinski definition) is 0. The third-order valence-electron chi connectivity index (χ3n) is 4.48. The zero-order valence-corrected chi connectivity index (χ0v) is 15.2. The Labute approximate surface area is 157 Å². The summed E-state index contributed by atoms with van der Waals surface area (Å²) >= 11 is 1.67. The van der Waals surface area contributed by atoms with Crippen LogP contribution in [0.1, 0.15) is 5.56 Å². The first kappa shape index (κ1) is 17.1. The van der Waals surface area contributed by atoms with E-state index in [1.54, 1.807) is 11.8 Å². The number of likely N-dealkylation sites (tertiary alicyclic amines) is 1. The molecule has 5 nitrogen and oxygen atoms in total. The highest BCUT2D eigenvalue weighted by Crippen LogP contribution is 2.35. The number of ether oxygens (including phenoxy) is 3. The van der Waals surface area contributed by atoms with Gasteiger partial charge in [-0.3, -0.25) is 4.79 Å². The predicted octanol–water partition coefficient (Wildman–Crippen LogP) is 3.19. The van der Waals surface area contributed by atoms with Crippen molar-refractivity contribution in [1.82, 2.24) is 4.90 Å². The Morgan fingerprint density at radius 1 is 1.12 bits per heavy atom. The van der Waals surface area contributed by atoms with Gasteiger partial charge in [-0.25, -0.2) is 0 Å². The molecule has 2 aromatic rings. The number of benzene rings is 2. The molecule has 0 aliphatic carbocycles. The van der Waals surface area contributed by atoms with Crippen LogP contribution in [-0.2, 0) is 10.5 Å². The fourth-order valence-corrected chi connectivity index (χ4v) is 3.87. The molecule has 0 bridgehead atoms. The first-order chi connectivity index (χ1) is 12.8. The van der Waals surface area contributed by atoms with Gasteiger partial charge in [-0.1, -0.05) is 30.3 Å². The first-order valence-corrected chi connectivity index (χ1v) is 9.85. The van der Waals surface area contributed by atoms with Crippen LogP contribution in [0, 0.1) is 5.92 Å². The van der Waals surface area contributed by atoms with Crippen LogP contribution < -0.4 is 14.2 Å². The number of thioether (sulfide) groups is 1. The molecular weight excluding hydrogens is 350 g/mol. The number of fused-ring (bicyclic) bond motifs is 1. The molecule has 26 heavy (non-hydrogen) atoms. The van der Waals surface area contributed by atoms with Crippen molar-refractivity contribution in [3.63, 3.8) is 0 Å². The lowest BCUT2D eigenvalue weighted by atomic mass is 10.0. The quantitative estimate of drug-likeness (QED) is 0.748. The minimum absolute atomic E-state index is 0.213. The summed E-state index contributed by atoms with van der Waals surface area (Å²) in [4.78, 5) is 14.1. The van der Waals surface area contributed by atoms with Crippen LogP contribution in [0.2, 0.25) is 0 Å². The summed E-state index contributed by atoms with van der Waals surface area (Å²) in [6.45, 7) is 2.42. The third-order valence-corrected chi connectivity index (χ3v) is 5.47. The summed E-state index contributed by atoms with van der Waals surface area (Å²) in [5.41, 5.74) is 1.25. The number of amides is 1. The van der Waals surface area contributed by atoms with Crippen LogP contribution in [0.3, 0.4) is 0 Å². The van der Waals surface area contributed by atoms with E-state index in [1.165, 1.54) is 5.56 Å². The zero-order chi connectivity index (χ0) is 17.8. The highest BCUT2D eigenvalue weighted by atomic mass is 32.2. The average Bonchev–Trinajstić information content (AvgIpc) is 3.09. The van der Waals surface area contributed by atoms with Crippen molar-refractivity contribution in [2.45, 2.75) is 5.75 Å². The number of carbonyl (C=O) groups is 1. The number of nitrogens with zero attached hydrogens (tertiary/aromatic N) is 1. The third kappa shape index (κ3) is 4.07. The van der Waals surface area contributed by atoms with Crippen molar-refractivity contribution in [3.8, 4) is 17.2 Å². The summed E-state index contributed by atoms with van der Waals surface area (Å²) in [6, 6.07) is 15.8. The smallest absolute Gasteiger partial charge is 0.232 e.